The molecule has 9 heteroatoms. The molecule has 1 fully saturated rings. The van der Waals surface area contributed by atoms with E-state index >= 15 is 0 Å². The van der Waals surface area contributed by atoms with E-state index < -0.39 is 24.5 Å². The van der Waals surface area contributed by atoms with Crippen molar-refractivity contribution in [1.82, 2.24) is 19.5 Å². The molecule has 2 aromatic heterocycles. The molecule has 0 amide bonds. The van der Waals surface area contributed by atoms with Crippen molar-refractivity contribution in [2.24, 2.45) is 0 Å². The summed E-state index contributed by atoms with van der Waals surface area (Å²) in [5.41, 5.74) is 5.02. The summed E-state index contributed by atoms with van der Waals surface area (Å²) in [5, 5.41) is 19.5. The molecule has 0 aromatic carbocycles. The van der Waals surface area contributed by atoms with E-state index in [-0.39, 0.29) is 18.2 Å². The first kappa shape index (κ1) is 14.5. The first-order valence-electron chi connectivity index (χ1n) is 6.53. The Hall–Kier alpha value is -2.41. The number of ether oxygens (including phenoxy) is 2. The van der Waals surface area contributed by atoms with Crippen molar-refractivity contribution >= 4 is 17.1 Å². The molecule has 1 aliphatic heterocycles. The normalized spacial score (nSPS) is 27.9. The van der Waals surface area contributed by atoms with E-state index in [1.54, 1.807) is 4.57 Å². The second-order valence-electron chi connectivity index (χ2n) is 4.93. The van der Waals surface area contributed by atoms with Crippen LogP contribution in [0, 0.1) is 12.3 Å². The number of aliphatic hydroxyl groups excluding tert-OH is 2. The molecule has 0 unspecified atom stereocenters. The van der Waals surface area contributed by atoms with Crippen LogP contribution in [-0.2, 0) is 4.74 Å². The van der Waals surface area contributed by atoms with Crippen molar-refractivity contribution in [3.63, 3.8) is 0 Å². The van der Waals surface area contributed by atoms with Crippen molar-refractivity contribution in [1.29, 1.82) is 0 Å². The predicted molar refractivity (Wildman–Crippen MR) is 75.7 cm³/mol. The highest BCUT2D eigenvalue weighted by atomic mass is 16.6. The summed E-state index contributed by atoms with van der Waals surface area (Å²) in [6.07, 6.45) is 5.39. The Morgan fingerprint density at radius 3 is 3.00 bits per heavy atom. The van der Waals surface area contributed by atoms with Crippen LogP contribution in [0.15, 0.2) is 6.33 Å². The summed E-state index contributed by atoms with van der Waals surface area (Å²) in [4.78, 5) is 12.2. The zero-order valence-corrected chi connectivity index (χ0v) is 11.8. The van der Waals surface area contributed by atoms with Crippen molar-refractivity contribution in [3.8, 4) is 18.2 Å². The Morgan fingerprint density at radius 1 is 1.64 bits per heavy atom. The van der Waals surface area contributed by atoms with Crippen molar-refractivity contribution < 1.29 is 19.7 Å². The number of nitrogens with zero attached hydrogens (tertiary/aromatic N) is 4. The van der Waals surface area contributed by atoms with E-state index in [9.17, 15) is 10.2 Å². The number of imidazole rings is 1. The summed E-state index contributed by atoms with van der Waals surface area (Å²) in [5.74, 6) is 2.58. The molecule has 0 spiro atoms. The number of aromatic nitrogens is 4. The lowest BCUT2D eigenvalue weighted by Crippen LogP contribution is -2.41. The molecular formula is C13H15N5O4. The van der Waals surface area contributed by atoms with Gasteiger partial charge in [0.15, 0.2) is 16.8 Å². The topological polar surface area (TPSA) is 129 Å². The predicted octanol–water partition coefficient (Wildman–Crippen LogP) is -0.939. The van der Waals surface area contributed by atoms with Gasteiger partial charge < -0.3 is 25.4 Å². The van der Waals surface area contributed by atoms with E-state index in [1.807, 2.05) is 0 Å². The molecule has 0 bridgehead atoms. The molecule has 3 rings (SSSR count). The fraction of sp³-hybridized carbons (Fsp3) is 0.462. The number of nitrogens with two attached hydrogens (primary N) is 1. The van der Waals surface area contributed by atoms with Crippen molar-refractivity contribution in [2.45, 2.75) is 24.4 Å². The number of nitrogen functional groups attached to an aromatic ring is 1. The van der Waals surface area contributed by atoms with Crippen LogP contribution >= 0.6 is 0 Å². The summed E-state index contributed by atoms with van der Waals surface area (Å²) >= 11 is 0. The van der Waals surface area contributed by atoms with Crippen molar-refractivity contribution in [3.05, 3.63) is 6.33 Å². The van der Waals surface area contributed by atoms with Crippen molar-refractivity contribution in [2.75, 3.05) is 19.5 Å². The molecule has 3 heterocycles. The lowest BCUT2D eigenvalue weighted by molar-refractivity contribution is -0.0891. The lowest BCUT2D eigenvalue weighted by atomic mass is 9.99. The summed E-state index contributed by atoms with van der Waals surface area (Å²) in [6.45, 7) is -0.492. The summed E-state index contributed by atoms with van der Waals surface area (Å²) < 4.78 is 12.4. The van der Waals surface area contributed by atoms with Gasteiger partial charge in [-0.3, -0.25) is 4.57 Å². The molecule has 3 atom stereocenters. The number of rotatable bonds is 3. The van der Waals surface area contributed by atoms with Crippen LogP contribution in [0.2, 0.25) is 0 Å². The molecule has 1 aliphatic rings. The van der Waals surface area contributed by atoms with Crippen LogP contribution in [0.4, 0.5) is 5.95 Å². The van der Waals surface area contributed by atoms with Gasteiger partial charge in [-0.05, 0) is 0 Å². The van der Waals surface area contributed by atoms with E-state index in [1.165, 1.54) is 13.4 Å². The zero-order valence-electron chi connectivity index (χ0n) is 11.8. The number of terminal acetylenes is 1. The molecule has 1 saturated heterocycles. The number of aliphatic hydroxyl groups is 2. The van der Waals surface area contributed by atoms with Gasteiger partial charge in [0.25, 0.3) is 0 Å². The largest absolute Gasteiger partial charge is 0.479 e. The minimum atomic E-state index is -1.44. The number of anilines is 1. The average molecular weight is 305 g/mol. The first-order chi connectivity index (χ1) is 10.5. The van der Waals surface area contributed by atoms with Crippen LogP contribution in [0.5, 0.6) is 5.88 Å². The molecule has 0 aliphatic carbocycles. The number of hydrogen-bond acceptors (Lipinski definition) is 8. The maximum absolute atomic E-state index is 10.1. The number of methoxy groups -OCH3 is 1. The third-order valence-electron chi connectivity index (χ3n) is 3.70. The van der Waals surface area contributed by atoms with Gasteiger partial charge in [0.1, 0.15) is 12.3 Å². The lowest BCUT2D eigenvalue weighted by Gasteiger charge is -2.23. The van der Waals surface area contributed by atoms with E-state index in [4.69, 9.17) is 21.6 Å². The molecule has 2 aromatic rings. The molecular weight excluding hydrogens is 290 g/mol. The standard InChI is InChI=1S/C13H15N5O4/c1-3-13(5-19)7(20)4-8(22-13)18-6-15-9-10(18)16-12(14)17-11(9)21-2/h1,6-8,19-20H,4-5H2,2H3,(H2,14,16,17)/t7-,8+,13+/m0/s1. The maximum atomic E-state index is 10.1. The first-order valence-corrected chi connectivity index (χ1v) is 6.53. The Balaban J connectivity index is 2.06. The van der Waals surface area contributed by atoms with E-state index in [2.05, 4.69) is 20.9 Å². The maximum Gasteiger partial charge on any atom is 0.246 e. The second kappa shape index (κ2) is 5.10. The quantitative estimate of drug-likeness (QED) is 0.620. The Bertz CT molecular complexity index is 755. The molecule has 116 valence electrons. The van der Waals surface area contributed by atoms with Crippen LogP contribution < -0.4 is 10.5 Å². The third-order valence-corrected chi connectivity index (χ3v) is 3.70. The molecule has 0 radical (unpaired) electrons. The number of fused-ring (bicyclic) bond motifs is 1. The Kier molecular flexibility index (Phi) is 3.37. The van der Waals surface area contributed by atoms with Crippen LogP contribution in [-0.4, -0.2) is 55.2 Å². The highest BCUT2D eigenvalue weighted by Gasteiger charge is 2.47. The summed E-state index contributed by atoms with van der Waals surface area (Å²) in [6, 6.07) is 0. The highest BCUT2D eigenvalue weighted by Crippen LogP contribution is 2.38. The Labute approximate surface area is 125 Å². The minimum absolute atomic E-state index is 0.0232. The third kappa shape index (κ3) is 1.97. The smallest absolute Gasteiger partial charge is 0.246 e. The van der Waals surface area contributed by atoms with Gasteiger partial charge in [-0.25, -0.2) is 4.98 Å². The zero-order chi connectivity index (χ0) is 15.9. The fourth-order valence-electron chi connectivity index (χ4n) is 2.50. The SMILES string of the molecule is C#C[C@]1(CO)O[C@@H](n2cnc3c(OC)nc(N)nc32)C[C@@H]1O. The molecule has 0 saturated carbocycles. The highest BCUT2D eigenvalue weighted by molar-refractivity contribution is 5.77. The van der Waals surface area contributed by atoms with E-state index in [0.29, 0.717) is 11.2 Å². The molecule has 9 nitrogen and oxygen atoms in total. The monoisotopic (exact) mass is 305 g/mol. The van der Waals surface area contributed by atoms with Gasteiger partial charge in [-0.2, -0.15) is 9.97 Å². The second-order valence-corrected chi connectivity index (χ2v) is 4.93. The minimum Gasteiger partial charge on any atom is -0.479 e. The van der Waals surface area contributed by atoms with Gasteiger partial charge in [0.05, 0.1) is 20.0 Å². The molecule has 4 N–H and O–H groups in total. The molecule has 22 heavy (non-hydrogen) atoms. The van der Waals surface area contributed by atoms with Gasteiger partial charge in [0.2, 0.25) is 11.8 Å². The van der Waals surface area contributed by atoms with Crippen LogP contribution in [0.1, 0.15) is 12.6 Å². The van der Waals surface area contributed by atoms with E-state index in [0.717, 1.165) is 0 Å². The van der Waals surface area contributed by atoms with Gasteiger partial charge in [-0.1, -0.05) is 5.92 Å². The van der Waals surface area contributed by atoms with Gasteiger partial charge >= 0.3 is 0 Å². The Morgan fingerprint density at radius 2 is 2.41 bits per heavy atom. The van der Waals surface area contributed by atoms with Crippen LogP contribution in [0.25, 0.3) is 11.2 Å². The van der Waals surface area contributed by atoms with Gasteiger partial charge in [0, 0.05) is 6.42 Å². The number of hydrogen-bond donors (Lipinski definition) is 3. The fourth-order valence-corrected chi connectivity index (χ4v) is 2.50. The van der Waals surface area contributed by atoms with Gasteiger partial charge in [-0.15, -0.1) is 6.42 Å². The van der Waals surface area contributed by atoms with Crippen LogP contribution in [0.3, 0.4) is 0 Å². The summed E-state index contributed by atoms with van der Waals surface area (Å²) in [7, 11) is 1.45. The average Bonchev–Trinajstić information content (AvgIpc) is 3.07.